The van der Waals surface area contributed by atoms with Crippen LogP contribution in [0.3, 0.4) is 0 Å². The standard InChI is InChI=1S/C11H21N3O2/c1-5-9(15-6-2)11-13-10(16-14-11)7-12-8(3)4/h8-9,12H,5-7H2,1-4H3. The first kappa shape index (κ1) is 13.1. The summed E-state index contributed by atoms with van der Waals surface area (Å²) in [5, 5.41) is 7.16. The Morgan fingerprint density at radius 2 is 2.12 bits per heavy atom. The highest BCUT2D eigenvalue weighted by atomic mass is 16.5. The summed E-state index contributed by atoms with van der Waals surface area (Å²) in [6.45, 7) is 9.42. The summed E-state index contributed by atoms with van der Waals surface area (Å²) in [5.41, 5.74) is 0. The molecule has 1 N–H and O–H groups in total. The Labute approximate surface area is 96.6 Å². The van der Waals surface area contributed by atoms with Crippen LogP contribution in [-0.2, 0) is 11.3 Å². The number of nitrogens with zero attached hydrogens (tertiary/aromatic N) is 2. The van der Waals surface area contributed by atoms with Gasteiger partial charge in [-0.3, -0.25) is 0 Å². The Morgan fingerprint density at radius 1 is 1.38 bits per heavy atom. The van der Waals surface area contributed by atoms with Crippen molar-refractivity contribution in [1.29, 1.82) is 0 Å². The largest absolute Gasteiger partial charge is 0.370 e. The van der Waals surface area contributed by atoms with E-state index in [4.69, 9.17) is 9.26 Å². The minimum atomic E-state index is -0.0541. The highest BCUT2D eigenvalue weighted by molar-refractivity contribution is 4.91. The third-order valence-corrected chi connectivity index (χ3v) is 2.17. The zero-order valence-electron chi connectivity index (χ0n) is 10.5. The average molecular weight is 227 g/mol. The molecule has 1 atom stereocenters. The van der Waals surface area contributed by atoms with Crippen LogP contribution >= 0.6 is 0 Å². The second kappa shape index (κ2) is 6.60. The molecule has 0 saturated carbocycles. The van der Waals surface area contributed by atoms with Gasteiger partial charge in [-0.2, -0.15) is 4.98 Å². The van der Waals surface area contributed by atoms with Crippen molar-refractivity contribution in [2.75, 3.05) is 6.61 Å². The lowest BCUT2D eigenvalue weighted by Crippen LogP contribution is -2.22. The molecule has 0 saturated heterocycles. The first-order valence-corrected chi connectivity index (χ1v) is 5.84. The molecule has 92 valence electrons. The fourth-order valence-electron chi connectivity index (χ4n) is 1.34. The van der Waals surface area contributed by atoms with Crippen molar-refractivity contribution in [3.05, 3.63) is 11.7 Å². The van der Waals surface area contributed by atoms with Crippen molar-refractivity contribution in [3.8, 4) is 0 Å². The maximum absolute atomic E-state index is 5.51. The van der Waals surface area contributed by atoms with E-state index in [1.807, 2.05) is 13.8 Å². The monoisotopic (exact) mass is 227 g/mol. The van der Waals surface area contributed by atoms with Crippen LogP contribution in [0.15, 0.2) is 4.52 Å². The van der Waals surface area contributed by atoms with Crippen LogP contribution < -0.4 is 5.32 Å². The van der Waals surface area contributed by atoms with Crippen LogP contribution in [0, 0.1) is 0 Å². The van der Waals surface area contributed by atoms with E-state index in [2.05, 4.69) is 29.3 Å². The summed E-state index contributed by atoms with van der Waals surface area (Å²) in [5.74, 6) is 1.26. The van der Waals surface area contributed by atoms with Crippen molar-refractivity contribution in [2.45, 2.75) is 52.8 Å². The molecule has 0 aliphatic carbocycles. The summed E-state index contributed by atoms with van der Waals surface area (Å²) in [6, 6.07) is 0.407. The molecule has 16 heavy (non-hydrogen) atoms. The predicted octanol–water partition coefficient (Wildman–Crippen LogP) is 2.06. The van der Waals surface area contributed by atoms with Crippen LogP contribution in [0.1, 0.15) is 51.9 Å². The van der Waals surface area contributed by atoms with Gasteiger partial charge in [0.15, 0.2) is 0 Å². The molecule has 0 radical (unpaired) electrons. The molecular weight excluding hydrogens is 206 g/mol. The first-order valence-electron chi connectivity index (χ1n) is 5.84. The fourth-order valence-corrected chi connectivity index (χ4v) is 1.34. The van der Waals surface area contributed by atoms with Crippen molar-refractivity contribution in [3.63, 3.8) is 0 Å². The number of hydrogen-bond donors (Lipinski definition) is 1. The highest BCUT2D eigenvalue weighted by Crippen LogP contribution is 2.17. The molecule has 0 aromatic carbocycles. The summed E-state index contributed by atoms with van der Waals surface area (Å²) < 4.78 is 10.7. The number of aromatic nitrogens is 2. The molecule has 1 unspecified atom stereocenters. The first-order chi connectivity index (χ1) is 7.67. The maximum atomic E-state index is 5.51. The van der Waals surface area contributed by atoms with Crippen LogP contribution in [0.2, 0.25) is 0 Å². The van der Waals surface area contributed by atoms with E-state index in [1.54, 1.807) is 0 Å². The van der Waals surface area contributed by atoms with Crippen molar-refractivity contribution in [1.82, 2.24) is 15.5 Å². The Hall–Kier alpha value is -0.940. The zero-order chi connectivity index (χ0) is 12.0. The van der Waals surface area contributed by atoms with E-state index in [1.165, 1.54) is 0 Å². The number of rotatable bonds is 7. The lowest BCUT2D eigenvalue weighted by Gasteiger charge is -2.09. The van der Waals surface area contributed by atoms with Crippen LogP contribution in [0.25, 0.3) is 0 Å². The van der Waals surface area contributed by atoms with Gasteiger partial charge in [0.25, 0.3) is 0 Å². The molecule has 0 amide bonds. The second-order valence-electron chi connectivity index (χ2n) is 3.93. The summed E-state index contributed by atoms with van der Waals surface area (Å²) in [7, 11) is 0. The van der Waals surface area contributed by atoms with E-state index < -0.39 is 0 Å². The quantitative estimate of drug-likeness (QED) is 0.772. The number of hydrogen-bond acceptors (Lipinski definition) is 5. The molecular formula is C11H21N3O2. The normalized spacial score (nSPS) is 13.3. The minimum absolute atomic E-state index is 0.0541. The molecule has 0 fully saturated rings. The Kier molecular flexibility index (Phi) is 5.42. The van der Waals surface area contributed by atoms with Gasteiger partial charge < -0.3 is 14.6 Å². The minimum Gasteiger partial charge on any atom is -0.370 e. The van der Waals surface area contributed by atoms with Crippen LogP contribution in [0.5, 0.6) is 0 Å². The molecule has 1 heterocycles. The third kappa shape index (κ3) is 3.90. The summed E-state index contributed by atoms with van der Waals surface area (Å²) in [4.78, 5) is 4.31. The van der Waals surface area contributed by atoms with E-state index in [-0.39, 0.29) is 6.10 Å². The third-order valence-electron chi connectivity index (χ3n) is 2.17. The van der Waals surface area contributed by atoms with E-state index in [0.29, 0.717) is 30.9 Å². The maximum Gasteiger partial charge on any atom is 0.240 e. The van der Waals surface area contributed by atoms with Gasteiger partial charge in [0, 0.05) is 12.6 Å². The molecule has 1 aromatic rings. The molecule has 5 heteroatoms. The van der Waals surface area contributed by atoms with Gasteiger partial charge in [-0.25, -0.2) is 0 Å². The highest BCUT2D eigenvalue weighted by Gasteiger charge is 2.16. The van der Waals surface area contributed by atoms with Gasteiger partial charge in [0.05, 0.1) is 6.54 Å². The van der Waals surface area contributed by atoms with E-state index in [0.717, 1.165) is 6.42 Å². The predicted molar refractivity (Wildman–Crippen MR) is 60.9 cm³/mol. The van der Waals surface area contributed by atoms with Crippen molar-refractivity contribution < 1.29 is 9.26 Å². The number of nitrogens with one attached hydrogen (secondary N) is 1. The van der Waals surface area contributed by atoms with E-state index >= 15 is 0 Å². The molecule has 5 nitrogen and oxygen atoms in total. The van der Waals surface area contributed by atoms with Gasteiger partial charge in [0.1, 0.15) is 6.10 Å². The summed E-state index contributed by atoms with van der Waals surface area (Å²) >= 11 is 0. The second-order valence-corrected chi connectivity index (χ2v) is 3.93. The average Bonchev–Trinajstić information content (AvgIpc) is 2.71. The van der Waals surface area contributed by atoms with Gasteiger partial charge in [-0.1, -0.05) is 25.9 Å². The molecule has 0 spiro atoms. The SMILES string of the molecule is CCOC(CC)c1noc(CNC(C)C)n1. The lowest BCUT2D eigenvalue weighted by molar-refractivity contribution is 0.0518. The Balaban J connectivity index is 2.55. The summed E-state index contributed by atoms with van der Waals surface area (Å²) in [6.07, 6.45) is 0.797. The van der Waals surface area contributed by atoms with Gasteiger partial charge in [-0.15, -0.1) is 0 Å². The molecule has 1 aromatic heterocycles. The number of ether oxygens (including phenoxy) is 1. The fraction of sp³-hybridized carbons (Fsp3) is 0.818. The smallest absolute Gasteiger partial charge is 0.240 e. The Morgan fingerprint density at radius 3 is 2.69 bits per heavy atom. The van der Waals surface area contributed by atoms with Crippen LogP contribution in [-0.4, -0.2) is 22.8 Å². The topological polar surface area (TPSA) is 60.2 Å². The molecule has 0 aliphatic rings. The van der Waals surface area contributed by atoms with Crippen molar-refractivity contribution in [2.24, 2.45) is 0 Å². The lowest BCUT2D eigenvalue weighted by atomic mass is 10.2. The molecule has 0 aliphatic heterocycles. The van der Waals surface area contributed by atoms with E-state index in [9.17, 15) is 0 Å². The zero-order valence-corrected chi connectivity index (χ0v) is 10.5. The van der Waals surface area contributed by atoms with Gasteiger partial charge in [-0.05, 0) is 13.3 Å². The molecule has 0 bridgehead atoms. The Bertz CT molecular complexity index is 299. The van der Waals surface area contributed by atoms with Crippen molar-refractivity contribution >= 4 is 0 Å². The van der Waals surface area contributed by atoms with Gasteiger partial charge >= 0.3 is 0 Å². The molecule has 1 rings (SSSR count). The van der Waals surface area contributed by atoms with Crippen LogP contribution in [0.4, 0.5) is 0 Å². The van der Waals surface area contributed by atoms with Gasteiger partial charge in [0.2, 0.25) is 11.7 Å².